The molecule has 1 aromatic rings. The lowest BCUT2D eigenvalue weighted by molar-refractivity contribution is -0.386. The highest BCUT2D eigenvalue weighted by Crippen LogP contribution is 2.37. The fourth-order valence-corrected chi connectivity index (χ4v) is 1.99. The van der Waals surface area contributed by atoms with Crippen molar-refractivity contribution in [3.63, 3.8) is 0 Å². The van der Waals surface area contributed by atoms with Crippen LogP contribution in [-0.4, -0.2) is 29.3 Å². The maximum atomic E-state index is 11.6. The molecular weight excluding hydrogens is 316 g/mol. The standard InChI is InChI=1S/C16H20N2O6/c1-5-7-15(20)17-16(6-2)24-14-9-12(18(21)22)11(10(3)19)8-13(14)23-4/h2,8-10,16,19H,5,7H2,1,3-4H3,(H,17,20). The highest BCUT2D eigenvalue weighted by molar-refractivity contribution is 5.76. The van der Waals surface area contributed by atoms with Crippen LogP contribution >= 0.6 is 0 Å². The van der Waals surface area contributed by atoms with E-state index in [1.165, 1.54) is 20.1 Å². The monoisotopic (exact) mass is 336 g/mol. The van der Waals surface area contributed by atoms with Crippen molar-refractivity contribution < 1.29 is 24.3 Å². The van der Waals surface area contributed by atoms with E-state index in [4.69, 9.17) is 15.9 Å². The van der Waals surface area contributed by atoms with Gasteiger partial charge in [0, 0.05) is 6.42 Å². The van der Waals surface area contributed by atoms with Crippen LogP contribution in [0.5, 0.6) is 11.5 Å². The van der Waals surface area contributed by atoms with E-state index in [0.29, 0.717) is 6.42 Å². The van der Waals surface area contributed by atoms with Gasteiger partial charge in [0.25, 0.3) is 5.69 Å². The number of ether oxygens (including phenoxy) is 2. The second-order valence-electron chi connectivity index (χ2n) is 4.98. The number of terminal acetylenes is 1. The van der Waals surface area contributed by atoms with E-state index in [1.54, 1.807) is 0 Å². The Hall–Kier alpha value is -2.79. The summed E-state index contributed by atoms with van der Waals surface area (Å²) < 4.78 is 10.6. The molecule has 1 rings (SSSR count). The lowest BCUT2D eigenvalue weighted by Crippen LogP contribution is -2.37. The Balaban J connectivity index is 3.17. The molecule has 0 aliphatic heterocycles. The number of methoxy groups -OCH3 is 1. The van der Waals surface area contributed by atoms with Crippen molar-refractivity contribution in [3.8, 4) is 23.8 Å². The van der Waals surface area contributed by atoms with E-state index in [1.807, 2.05) is 6.92 Å². The summed E-state index contributed by atoms with van der Waals surface area (Å²) in [5.74, 6) is 2.10. The third-order valence-electron chi connectivity index (χ3n) is 3.13. The Morgan fingerprint density at radius 3 is 2.62 bits per heavy atom. The number of carbonyl (C=O) groups is 1. The van der Waals surface area contributed by atoms with Gasteiger partial charge in [-0.2, -0.15) is 0 Å². The largest absolute Gasteiger partial charge is 0.493 e. The Morgan fingerprint density at radius 1 is 1.50 bits per heavy atom. The summed E-state index contributed by atoms with van der Waals surface area (Å²) in [6.07, 6.45) is 4.08. The van der Waals surface area contributed by atoms with Gasteiger partial charge in [-0.1, -0.05) is 6.92 Å². The summed E-state index contributed by atoms with van der Waals surface area (Å²) >= 11 is 0. The number of hydrogen-bond acceptors (Lipinski definition) is 6. The summed E-state index contributed by atoms with van der Waals surface area (Å²) in [5, 5.41) is 23.3. The normalized spacial score (nSPS) is 12.6. The lowest BCUT2D eigenvalue weighted by atomic mass is 10.1. The van der Waals surface area contributed by atoms with E-state index < -0.39 is 17.3 Å². The third-order valence-corrected chi connectivity index (χ3v) is 3.13. The van der Waals surface area contributed by atoms with E-state index in [-0.39, 0.29) is 35.1 Å². The van der Waals surface area contributed by atoms with E-state index in [9.17, 15) is 20.0 Å². The molecule has 2 N–H and O–H groups in total. The van der Waals surface area contributed by atoms with Gasteiger partial charge in [-0.05, 0) is 25.3 Å². The number of carbonyl (C=O) groups excluding carboxylic acids is 1. The molecule has 1 amide bonds. The maximum absolute atomic E-state index is 11.6. The number of benzene rings is 1. The number of nitrogens with zero attached hydrogens (tertiary/aromatic N) is 1. The van der Waals surface area contributed by atoms with Crippen molar-refractivity contribution in [1.82, 2.24) is 5.32 Å². The maximum Gasteiger partial charge on any atom is 0.279 e. The number of nitrogens with one attached hydrogen (secondary N) is 1. The van der Waals surface area contributed by atoms with Crippen molar-refractivity contribution in [2.24, 2.45) is 0 Å². The van der Waals surface area contributed by atoms with Crippen LogP contribution in [0.3, 0.4) is 0 Å². The molecule has 8 heteroatoms. The zero-order valence-electron chi connectivity index (χ0n) is 13.7. The summed E-state index contributed by atoms with van der Waals surface area (Å²) in [6, 6.07) is 2.41. The Kier molecular flexibility index (Phi) is 7.01. The summed E-state index contributed by atoms with van der Waals surface area (Å²) in [6.45, 7) is 3.24. The van der Waals surface area contributed by atoms with Gasteiger partial charge in [-0.3, -0.25) is 14.9 Å². The molecule has 8 nitrogen and oxygen atoms in total. The Labute approximate surface area is 139 Å². The van der Waals surface area contributed by atoms with E-state index >= 15 is 0 Å². The van der Waals surface area contributed by atoms with Crippen LogP contribution in [0.4, 0.5) is 5.69 Å². The second kappa shape index (κ2) is 8.74. The van der Waals surface area contributed by atoms with Crippen molar-refractivity contribution in [3.05, 3.63) is 27.8 Å². The first-order chi connectivity index (χ1) is 11.3. The molecule has 0 aliphatic carbocycles. The van der Waals surface area contributed by atoms with Gasteiger partial charge < -0.3 is 19.9 Å². The summed E-state index contributed by atoms with van der Waals surface area (Å²) in [5.41, 5.74) is -0.257. The Morgan fingerprint density at radius 2 is 2.17 bits per heavy atom. The highest BCUT2D eigenvalue weighted by Gasteiger charge is 2.24. The van der Waals surface area contributed by atoms with Crippen LogP contribution in [0.25, 0.3) is 0 Å². The molecule has 0 saturated heterocycles. The SMILES string of the molecule is C#CC(NC(=O)CCC)Oc1cc([N+](=O)[O-])c(C(C)O)cc1OC. The summed E-state index contributed by atoms with van der Waals surface area (Å²) in [7, 11) is 1.35. The lowest BCUT2D eigenvalue weighted by Gasteiger charge is -2.18. The van der Waals surface area contributed by atoms with Gasteiger partial charge >= 0.3 is 0 Å². The number of aliphatic hydroxyl groups excluding tert-OH is 1. The molecule has 0 heterocycles. The molecular formula is C16H20N2O6. The minimum absolute atomic E-state index is 0.00616. The molecule has 0 aliphatic rings. The fourth-order valence-electron chi connectivity index (χ4n) is 1.99. The highest BCUT2D eigenvalue weighted by atomic mass is 16.6. The number of aliphatic hydroxyl groups is 1. The number of hydrogen-bond donors (Lipinski definition) is 2. The average molecular weight is 336 g/mol. The van der Waals surface area contributed by atoms with Crippen molar-refractivity contribution in [2.75, 3.05) is 7.11 Å². The van der Waals surface area contributed by atoms with Crippen molar-refractivity contribution >= 4 is 11.6 Å². The van der Waals surface area contributed by atoms with Gasteiger partial charge in [0.05, 0.1) is 29.8 Å². The first-order valence-electron chi connectivity index (χ1n) is 7.30. The molecule has 2 unspecified atom stereocenters. The van der Waals surface area contributed by atoms with Gasteiger partial charge in [0.2, 0.25) is 12.1 Å². The molecule has 0 aromatic heterocycles. The summed E-state index contributed by atoms with van der Waals surface area (Å²) in [4.78, 5) is 22.2. The predicted octanol–water partition coefficient (Wildman–Crippen LogP) is 1.91. The van der Waals surface area contributed by atoms with Crippen LogP contribution in [-0.2, 0) is 4.79 Å². The Bertz CT molecular complexity index is 651. The minimum atomic E-state index is -1.10. The molecule has 130 valence electrons. The quantitative estimate of drug-likeness (QED) is 0.325. The molecule has 0 saturated carbocycles. The number of nitro groups is 1. The number of rotatable bonds is 8. The molecule has 1 aromatic carbocycles. The fraction of sp³-hybridized carbons (Fsp3) is 0.438. The number of nitro benzene ring substituents is 1. The van der Waals surface area contributed by atoms with Gasteiger partial charge in [-0.25, -0.2) is 0 Å². The zero-order chi connectivity index (χ0) is 18.3. The average Bonchev–Trinajstić information content (AvgIpc) is 2.53. The molecule has 0 radical (unpaired) electrons. The van der Waals surface area contributed by atoms with Crippen molar-refractivity contribution in [2.45, 2.75) is 39.0 Å². The van der Waals surface area contributed by atoms with Crippen molar-refractivity contribution in [1.29, 1.82) is 0 Å². The number of amides is 1. The first-order valence-corrected chi connectivity index (χ1v) is 7.30. The van der Waals surface area contributed by atoms with Gasteiger partial charge in [0.1, 0.15) is 0 Å². The third kappa shape index (κ3) is 4.86. The minimum Gasteiger partial charge on any atom is -0.493 e. The van der Waals surface area contributed by atoms with Crippen LogP contribution < -0.4 is 14.8 Å². The second-order valence-corrected chi connectivity index (χ2v) is 4.98. The smallest absolute Gasteiger partial charge is 0.279 e. The van der Waals surface area contributed by atoms with Crippen LogP contribution in [0.15, 0.2) is 12.1 Å². The van der Waals surface area contributed by atoms with Crippen LogP contribution in [0.1, 0.15) is 38.4 Å². The van der Waals surface area contributed by atoms with Gasteiger partial charge in [-0.15, -0.1) is 6.42 Å². The molecule has 0 fully saturated rings. The van der Waals surface area contributed by atoms with Crippen LogP contribution in [0.2, 0.25) is 0 Å². The topological polar surface area (TPSA) is 111 Å². The van der Waals surface area contributed by atoms with Crippen LogP contribution in [0, 0.1) is 22.5 Å². The molecule has 24 heavy (non-hydrogen) atoms. The van der Waals surface area contributed by atoms with Gasteiger partial charge in [0.15, 0.2) is 11.5 Å². The molecule has 0 spiro atoms. The predicted molar refractivity (Wildman–Crippen MR) is 86.6 cm³/mol. The van der Waals surface area contributed by atoms with E-state index in [2.05, 4.69) is 11.2 Å². The molecule has 2 atom stereocenters. The first kappa shape index (κ1) is 19.3. The molecule has 0 bridgehead atoms. The zero-order valence-corrected chi connectivity index (χ0v) is 13.7. The van der Waals surface area contributed by atoms with E-state index in [0.717, 1.165) is 6.07 Å².